The Labute approximate surface area is 182 Å². The second kappa shape index (κ2) is 10.6. The topological polar surface area (TPSA) is 45.7 Å². The smallest absolute Gasteiger partial charge is 0.191 e. The summed E-state index contributed by atoms with van der Waals surface area (Å²) < 4.78 is 5.31. The SMILES string of the molecule is CCNC(=NCC1(Cc2ccccc2)CC1)NCC1(CCOC)CCC1.I. The quantitative estimate of drug-likeness (QED) is 0.294. The van der Waals surface area contributed by atoms with Crippen LogP contribution in [0, 0.1) is 10.8 Å². The number of hydrogen-bond donors (Lipinski definition) is 2. The Bertz CT molecular complexity index is 582. The lowest BCUT2D eigenvalue weighted by atomic mass is 9.67. The zero-order chi connectivity index (χ0) is 18.3. The molecule has 0 spiro atoms. The van der Waals surface area contributed by atoms with E-state index < -0.39 is 0 Å². The molecule has 0 unspecified atom stereocenters. The lowest BCUT2D eigenvalue weighted by molar-refractivity contribution is 0.0732. The third-order valence-corrected chi connectivity index (χ3v) is 6.18. The number of halogens is 1. The summed E-state index contributed by atoms with van der Waals surface area (Å²) in [7, 11) is 1.80. The van der Waals surface area contributed by atoms with Gasteiger partial charge in [-0.3, -0.25) is 4.99 Å². The van der Waals surface area contributed by atoms with Gasteiger partial charge < -0.3 is 15.4 Å². The van der Waals surface area contributed by atoms with Crippen molar-refractivity contribution in [3.05, 3.63) is 35.9 Å². The Hall–Kier alpha value is -0.820. The third kappa shape index (κ3) is 6.63. The molecule has 2 N–H and O–H groups in total. The molecule has 0 radical (unpaired) electrons. The fraction of sp³-hybridized carbons (Fsp3) is 0.682. The van der Waals surface area contributed by atoms with E-state index in [1.165, 1.54) is 37.7 Å². The lowest BCUT2D eigenvalue weighted by Crippen LogP contribution is -2.47. The number of ether oxygens (including phenoxy) is 1. The van der Waals surface area contributed by atoms with Gasteiger partial charge in [-0.15, -0.1) is 24.0 Å². The summed E-state index contributed by atoms with van der Waals surface area (Å²) in [6.45, 7) is 5.83. The summed E-state index contributed by atoms with van der Waals surface area (Å²) in [4.78, 5) is 4.95. The van der Waals surface area contributed by atoms with E-state index in [2.05, 4.69) is 47.9 Å². The molecule has 0 saturated heterocycles. The van der Waals surface area contributed by atoms with Crippen molar-refractivity contribution in [2.45, 2.75) is 51.9 Å². The van der Waals surface area contributed by atoms with Gasteiger partial charge in [-0.2, -0.15) is 0 Å². The molecule has 152 valence electrons. The highest BCUT2D eigenvalue weighted by Gasteiger charge is 2.42. The number of benzene rings is 1. The number of guanidine groups is 1. The van der Waals surface area contributed by atoms with Crippen LogP contribution in [0.2, 0.25) is 0 Å². The molecular weight excluding hydrogens is 449 g/mol. The fourth-order valence-electron chi connectivity index (χ4n) is 3.97. The van der Waals surface area contributed by atoms with E-state index in [0.29, 0.717) is 10.8 Å². The van der Waals surface area contributed by atoms with Crippen LogP contribution < -0.4 is 10.6 Å². The van der Waals surface area contributed by atoms with Gasteiger partial charge in [0.1, 0.15) is 0 Å². The van der Waals surface area contributed by atoms with Gasteiger partial charge in [0, 0.05) is 33.4 Å². The first kappa shape index (κ1) is 22.5. The monoisotopic (exact) mass is 485 g/mol. The molecule has 2 aliphatic rings. The molecule has 2 saturated carbocycles. The second-order valence-electron chi connectivity index (χ2n) is 8.31. The van der Waals surface area contributed by atoms with Crippen LogP contribution in [0.25, 0.3) is 0 Å². The van der Waals surface area contributed by atoms with Gasteiger partial charge in [0.25, 0.3) is 0 Å². The molecule has 27 heavy (non-hydrogen) atoms. The van der Waals surface area contributed by atoms with E-state index in [4.69, 9.17) is 9.73 Å². The maximum absolute atomic E-state index is 5.31. The molecule has 0 heterocycles. The zero-order valence-corrected chi connectivity index (χ0v) is 19.3. The second-order valence-corrected chi connectivity index (χ2v) is 8.31. The van der Waals surface area contributed by atoms with Gasteiger partial charge in [-0.1, -0.05) is 36.8 Å². The molecule has 0 atom stereocenters. The van der Waals surface area contributed by atoms with E-state index in [1.807, 2.05) is 0 Å². The highest BCUT2D eigenvalue weighted by molar-refractivity contribution is 14.0. The Morgan fingerprint density at radius 1 is 1.07 bits per heavy atom. The average molecular weight is 485 g/mol. The largest absolute Gasteiger partial charge is 0.385 e. The van der Waals surface area contributed by atoms with Gasteiger partial charge in [0.05, 0.1) is 0 Å². The van der Waals surface area contributed by atoms with Crippen LogP contribution in [-0.2, 0) is 11.2 Å². The van der Waals surface area contributed by atoms with E-state index >= 15 is 0 Å². The zero-order valence-electron chi connectivity index (χ0n) is 16.9. The van der Waals surface area contributed by atoms with Crippen LogP contribution >= 0.6 is 24.0 Å². The molecule has 4 nitrogen and oxygen atoms in total. The molecule has 1 aromatic carbocycles. The van der Waals surface area contributed by atoms with E-state index in [0.717, 1.165) is 45.0 Å². The standard InChI is InChI=1S/C22H35N3O.HI/c1-3-23-20(24-17-21(10-7-11-21)14-15-26-2)25-18-22(12-13-22)16-19-8-5-4-6-9-19;/h4-6,8-9H,3,7,10-18H2,1-2H3,(H2,23,24,25);1H. The number of nitrogens with one attached hydrogen (secondary N) is 2. The number of nitrogens with zero attached hydrogens (tertiary/aromatic N) is 1. The van der Waals surface area contributed by atoms with Crippen LogP contribution in [-0.4, -0.2) is 39.3 Å². The molecule has 1 aromatic rings. The first-order valence-electron chi connectivity index (χ1n) is 10.2. The summed E-state index contributed by atoms with van der Waals surface area (Å²) in [5, 5.41) is 7.05. The summed E-state index contributed by atoms with van der Waals surface area (Å²) in [6, 6.07) is 10.8. The Kier molecular flexibility index (Phi) is 8.86. The van der Waals surface area contributed by atoms with Gasteiger partial charge in [-0.05, 0) is 61.8 Å². The Morgan fingerprint density at radius 3 is 2.37 bits per heavy atom. The van der Waals surface area contributed by atoms with Crippen molar-refractivity contribution < 1.29 is 4.74 Å². The van der Waals surface area contributed by atoms with Crippen LogP contribution in [0.1, 0.15) is 51.0 Å². The van der Waals surface area contributed by atoms with Crippen molar-refractivity contribution in [3.8, 4) is 0 Å². The number of aliphatic imine (C=N–C) groups is 1. The number of hydrogen-bond acceptors (Lipinski definition) is 2. The lowest BCUT2D eigenvalue weighted by Gasteiger charge is -2.42. The van der Waals surface area contributed by atoms with E-state index in [-0.39, 0.29) is 24.0 Å². The molecule has 0 amide bonds. The normalized spacial score (nSPS) is 19.6. The van der Waals surface area contributed by atoms with Crippen LogP contribution in [0.3, 0.4) is 0 Å². The summed E-state index contributed by atoms with van der Waals surface area (Å²) >= 11 is 0. The van der Waals surface area contributed by atoms with Gasteiger partial charge in [-0.25, -0.2) is 0 Å². The predicted molar refractivity (Wildman–Crippen MR) is 124 cm³/mol. The van der Waals surface area contributed by atoms with E-state index in [9.17, 15) is 0 Å². The summed E-state index contributed by atoms with van der Waals surface area (Å²) in [6.07, 6.45) is 8.84. The average Bonchev–Trinajstić information content (AvgIpc) is 3.39. The maximum atomic E-state index is 5.31. The van der Waals surface area contributed by atoms with Crippen molar-refractivity contribution in [2.24, 2.45) is 15.8 Å². The third-order valence-electron chi connectivity index (χ3n) is 6.18. The van der Waals surface area contributed by atoms with Crippen molar-refractivity contribution >= 4 is 29.9 Å². The van der Waals surface area contributed by atoms with Gasteiger partial charge in [0.2, 0.25) is 0 Å². The summed E-state index contributed by atoms with van der Waals surface area (Å²) in [5.41, 5.74) is 2.23. The molecule has 0 aliphatic heterocycles. The van der Waals surface area contributed by atoms with Crippen molar-refractivity contribution in [1.29, 1.82) is 0 Å². The van der Waals surface area contributed by atoms with Crippen LogP contribution in [0.5, 0.6) is 0 Å². The highest BCUT2D eigenvalue weighted by Crippen LogP contribution is 2.48. The molecule has 2 fully saturated rings. The van der Waals surface area contributed by atoms with Crippen LogP contribution in [0.15, 0.2) is 35.3 Å². The fourth-order valence-corrected chi connectivity index (χ4v) is 3.97. The minimum atomic E-state index is 0. The van der Waals surface area contributed by atoms with Crippen molar-refractivity contribution in [3.63, 3.8) is 0 Å². The highest BCUT2D eigenvalue weighted by atomic mass is 127. The predicted octanol–water partition coefficient (Wildman–Crippen LogP) is 4.39. The summed E-state index contributed by atoms with van der Waals surface area (Å²) in [5.74, 6) is 0.982. The molecule has 5 heteroatoms. The first-order valence-corrected chi connectivity index (χ1v) is 10.2. The minimum absolute atomic E-state index is 0. The van der Waals surface area contributed by atoms with E-state index in [1.54, 1.807) is 7.11 Å². The Balaban J connectivity index is 0.00000261. The molecular formula is C22H36IN3O. The maximum Gasteiger partial charge on any atom is 0.191 e. The molecule has 0 aromatic heterocycles. The molecule has 3 rings (SSSR count). The minimum Gasteiger partial charge on any atom is -0.385 e. The Morgan fingerprint density at radius 2 is 1.81 bits per heavy atom. The van der Waals surface area contributed by atoms with Gasteiger partial charge in [0.15, 0.2) is 5.96 Å². The first-order chi connectivity index (χ1) is 12.7. The molecule has 2 aliphatic carbocycles. The molecule has 0 bridgehead atoms. The van der Waals surface area contributed by atoms with Crippen molar-refractivity contribution in [2.75, 3.05) is 33.4 Å². The number of rotatable bonds is 10. The van der Waals surface area contributed by atoms with Gasteiger partial charge >= 0.3 is 0 Å². The number of methoxy groups -OCH3 is 1. The van der Waals surface area contributed by atoms with Crippen molar-refractivity contribution in [1.82, 2.24) is 10.6 Å². The van der Waals surface area contributed by atoms with Crippen LogP contribution in [0.4, 0.5) is 0 Å².